The summed E-state index contributed by atoms with van der Waals surface area (Å²) in [5.74, 6) is 0.421. The van der Waals surface area contributed by atoms with Crippen LogP contribution in [0.15, 0.2) is 24.3 Å². The molecular formula is C18H24FN3O2. The third kappa shape index (κ3) is 4.46. The molecule has 1 atom stereocenters. The number of hydrogen-bond donors (Lipinski definition) is 2. The molecule has 0 radical (unpaired) electrons. The molecule has 0 bridgehead atoms. The van der Waals surface area contributed by atoms with Gasteiger partial charge in [0.2, 0.25) is 5.91 Å². The minimum Gasteiger partial charge on any atom is -0.341 e. The van der Waals surface area contributed by atoms with Gasteiger partial charge in [-0.1, -0.05) is 12.8 Å². The Morgan fingerprint density at radius 1 is 1.12 bits per heavy atom. The second-order valence-corrected chi connectivity index (χ2v) is 6.79. The molecule has 3 amide bonds. The zero-order chi connectivity index (χ0) is 16.9. The number of anilines is 1. The van der Waals surface area contributed by atoms with Gasteiger partial charge in [-0.2, -0.15) is 0 Å². The second-order valence-electron chi connectivity index (χ2n) is 6.79. The smallest absolute Gasteiger partial charge is 0.319 e. The number of nitrogens with one attached hydrogen (secondary N) is 2. The molecule has 24 heavy (non-hydrogen) atoms. The Hall–Kier alpha value is -2.11. The van der Waals surface area contributed by atoms with Gasteiger partial charge in [0.05, 0.1) is 0 Å². The first-order valence-corrected chi connectivity index (χ1v) is 8.71. The predicted molar refractivity (Wildman–Crippen MR) is 90.1 cm³/mol. The molecule has 1 saturated heterocycles. The van der Waals surface area contributed by atoms with Crippen molar-refractivity contribution in [3.05, 3.63) is 30.1 Å². The molecule has 1 heterocycles. The van der Waals surface area contributed by atoms with Gasteiger partial charge in [-0.25, -0.2) is 9.18 Å². The first-order valence-electron chi connectivity index (χ1n) is 8.71. The molecule has 130 valence electrons. The quantitative estimate of drug-likeness (QED) is 0.889. The molecule has 3 rings (SSSR count). The lowest BCUT2D eigenvalue weighted by Gasteiger charge is -2.19. The SMILES string of the molecule is O=C(Nc1ccc(F)cc1)N[C@H]1CCN(C(=O)CC2CCCC2)C1. The third-order valence-electron chi connectivity index (χ3n) is 4.92. The number of nitrogens with zero attached hydrogens (tertiary/aromatic N) is 1. The molecule has 1 saturated carbocycles. The largest absolute Gasteiger partial charge is 0.341 e. The first-order chi connectivity index (χ1) is 11.6. The Bertz CT molecular complexity index is 584. The third-order valence-corrected chi connectivity index (χ3v) is 4.92. The molecule has 1 aromatic carbocycles. The van der Waals surface area contributed by atoms with E-state index in [-0.39, 0.29) is 23.8 Å². The Morgan fingerprint density at radius 3 is 2.54 bits per heavy atom. The Balaban J connectivity index is 1.42. The Morgan fingerprint density at radius 2 is 1.83 bits per heavy atom. The van der Waals surface area contributed by atoms with Gasteiger partial charge in [0.15, 0.2) is 0 Å². The van der Waals surface area contributed by atoms with E-state index in [1.807, 2.05) is 4.90 Å². The van der Waals surface area contributed by atoms with Crippen LogP contribution in [0.3, 0.4) is 0 Å². The molecule has 6 heteroatoms. The number of benzene rings is 1. The molecule has 0 unspecified atom stereocenters. The summed E-state index contributed by atoms with van der Waals surface area (Å²) >= 11 is 0. The fourth-order valence-electron chi connectivity index (χ4n) is 3.58. The predicted octanol–water partition coefficient (Wildman–Crippen LogP) is 3.13. The molecule has 2 fully saturated rings. The highest BCUT2D eigenvalue weighted by Gasteiger charge is 2.29. The Kier molecular flexibility index (Phi) is 5.33. The molecule has 1 aromatic rings. The van der Waals surface area contributed by atoms with Crippen molar-refractivity contribution in [3.63, 3.8) is 0 Å². The van der Waals surface area contributed by atoms with Crippen molar-refractivity contribution in [2.24, 2.45) is 5.92 Å². The number of amides is 3. The first kappa shape index (κ1) is 16.7. The lowest BCUT2D eigenvalue weighted by Crippen LogP contribution is -2.40. The van der Waals surface area contributed by atoms with E-state index < -0.39 is 0 Å². The standard InChI is InChI=1S/C18H24FN3O2/c19-14-5-7-15(8-6-14)20-18(24)21-16-9-10-22(12-16)17(23)11-13-3-1-2-4-13/h5-8,13,16H,1-4,9-12H2,(H2,20,21,24)/t16-/m0/s1. The van der Waals surface area contributed by atoms with Crippen LogP contribution in [0.1, 0.15) is 38.5 Å². The van der Waals surface area contributed by atoms with Gasteiger partial charge in [0.25, 0.3) is 0 Å². The maximum atomic E-state index is 12.9. The normalized spacial score (nSPS) is 21.0. The van der Waals surface area contributed by atoms with Gasteiger partial charge in [-0.15, -0.1) is 0 Å². The monoisotopic (exact) mass is 333 g/mol. The van der Waals surface area contributed by atoms with Crippen LogP contribution >= 0.6 is 0 Å². The van der Waals surface area contributed by atoms with E-state index in [9.17, 15) is 14.0 Å². The van der Waals surface area contributed by atoms with Crippen molar-refractivity contribution in [3.8, 4) is 0 Å². The highest BCUT2D eigenvalue weighted by atomic mass is 19.1. The average molecular weight is 333 g/mol. The maximum absolute atomic E-state index is 12.9. The highest BCUT2D eigenvalue weighted by Crippen LogP contribution is 2.28. The number of likely N-dealkylation sites (tertiary alicyclic amines) is 1. The van der Waals surface area contributed by atoms with Gasteiger partial charge in [0.1, 0.15) is 5.82 Å². The zero-order valence-electron chi connectivity index (χ0n) is 13.8. The van der Waals surface area contributed by atoms with E-state index in [1.54, 1.807) is 0 Å². The maximum Gasteiger partial charge on any atom is 0.319 e. The minimum absolute atomic E-state index is 0.0297. The van der Waals surface area contributed by atoms with Crippen molar-refractivity contribution >= 4 is 17.6 Å². The van der Waals surface area contributed by atoms with Crippen LogP contribution in [-0.2, 0) is 4.79 Å². The number of halogens is 1. The zero-order valence-corrected chi connectivity index (χ0v) is 13.8. The Labute approximate surface area is 141 Å². The molecule has 5 nitrogen and oxygen atoms in total. The van der Waals surface area contributed by atoms with E-state index in [0.717, 1.165) is 6.42 Å². The molecular weight excluding hydrogens is 309 g/mol. The molecule has 1 aliphatic carbocycles. The summed E-state index contributed by atoms with van der Waals surface area (Å²) in [4.78, 5) is 26.2. The number of urea groups is 1. The van der Waals surface area contributed by atoms with Gasteiger partial charge in [0, 0.05) is 31.2 Å². The summed E-state index contributed by atoms with van der Waals surface area (Å²) in [5.41, 5.74) is 0.543. The van der Waals surface area contributed by atoms with Crippen molar-refractivity contribution in [1.82, 2.24) is 10.2 Å². The average Bonchev–Trinajstić information content (AvgIpc) is 3.21. The summed E-state index contributed by atoms with van der Waals surface area (Å²) in [6, 6.07) is 5.28. The van der Waals surface area contributed by atoms with Crippen LogP contribution in [0.2, 0.25) is 0 Å². The van der Waals surface area contributed by atoms with E-state index in [0.29, 0.717) is 31.1 Å². The van der Waals surface area contributed by atoms with E-state index in [4.69, 9.17) is 0 Å². The van der Waals surface area contributed by atoms with Crippen molar-refractivity contribution in [2.45, 2.75) is 44.6 Å². The highest BCUT2D eigenvalue weighted by molar-refractivity contribution is 5.89. The molecule has 2 aliphatic rings. The summed E-state index contributed by atoms with van der Waals surface area (Å²) in [5, 5.41) is 5.56. The second kappa shape index (κ2) is 7.64. The molecule has 2 N–H and O–H groups in total. The van der Waals surface area contributed by atoms with Gasteiger partial charge in [-0.05, 0) is 49.4 Å². The summed E-state index contributed by atoms with van der Waals surface area (Å²) in [6.07, 6.45) is 6.24. The summed E-state index contributed by atoms with van der Waals surface area (Å²) in [7, 11) is 0. The van der Waals surface area contributed by atoms with Crippen LogP contribution in [-0.4, -0.2) is 36.0 Å². The van der Waals surface area contributed by atoms with Gasteiger partial charge in [-0.3, -0.25) is 4.79 Å². The van der Waals surface area contributed by atoms with Crippen LogP contribution in [0.5, 0.6) is 0 Å². The van der Waals surface area contributed by atoms with Crippen LogP contribution in [0.4, 0.5) is 14.9 Å². The van der Waals surface area contributed by atoms with E-state index in [2.05, 4.69) is 10.6 Å². The number of hydrogen-bond acceptors (Lipinski definition) is 2. The molecule has 1 aliphatic heterocycles. The van der Waals surface area contributed by atoms with Gasteiger partial charge < -0.3 is 15.5 Å². The molecule has 0 spiro atoms. The number of carbonyl (C=O) groups is 2. The van der Waals surface area contributed by atoms with E-state index >= 15 is 0 Å². The van der Waals surface area contributed by atoms with Crippen molar-refractivity contribution < 1.29 is 14.0 Å². The summed E-state index contributed by atoms with van der Waals surface area (Å²) in [6.45, 7) is 1.27. The fraction of sp³-hybridized carbons (Fsp3) is 0.556. The van der Waals surface area contributed by atoms with Crippen LogP contribution < -0.4 is 10.6 Å². The van der Waals surface area contributed by atoms with Gasteiger partial charge >= 0.3 is 6.03 Å². The van der Waals surface area contributed by atoms with Crippen LogP contribution in [0, 0.1) is 11.7 Å². The fourth-order valence-corrected chi connectivity index (χ4v) is 3.58. The van der Waals surface area contributed by atoms with Crippen molar-refractivity contribution in [2.75, 3.05) is 18.4 Å². The minimum atomic E-state index is -0.340. The summed E-state index contributed by atoms with van der Waals surface area (Å²) < 4.78 is 12.9. The van der Waals surface area contributed by atoms with Crippen LogP contribution in [0.25, 0.3) is 0 Å². The number of carbonyl (C=O) groups excluding carboxylic acids is 2. The van der Waals surface area contributed by atoms with E-state index in [1.165, 1.54) is 49.9 Å². The lowest BCUT2D eigenvalue weighted by atomic mass is 10.0. The van der Waals surface area contributed by atoms with Crippen molar-refractivity contribution in [1.29, 1.82) is 0 Å². The lowest BCUT2D eigenvalue weighted by molar-refractivity contribution is -0.131. The molecule has 0 aromatic heterocycles. The number of rotatable bonds is 4. The topological polar surface area (TPSA) is 61.4 Å².